The number of nitrogens with one attached hydrogen (secondary N) is 1. The van der Waals surface area contributed by atoms with E-state index in [9.17, 15) is 5.11 Å². The van der Waals surface area contributed by atoms with Crippen LogP contribution in [0.4, 0.5) is 0 Å². The topological polar surface area (TPSA) is 63.1 Å². The number of aliphatic imine (C=N–C) groups is 1. The molecular formula is C24H30N2O3. The third kappa shape index (κ3) is 4.40. The maximum atomic E-state index is 10.4. The summed E-state index contributed by atoms with van der Waals surface area (Å²) in [6, 6.07) is 13.6. The molecule has 2 aliphatic heterocycles. The van der Waals surface area contributed by atoms with Crippen LogP contribution in [-0.2, 0) is 0 Å². The fraction of sp³-hybridized carbons (Fsp3) is 0.458. The highest BCUT2D eigenvalue weighted by Crippen LogP contribution is 2.37. The Bertz CT molecular complexity index is 895. The number of para-hydroxylation sites is 1. The number of aromatic hydroxyl groups is 1. The number of unbranched alkanes of at least 4 members (excludes halogenated alkanes) is 3. The minimum atomic E-state index is -0.370. The molecule has 2 aromatic rings. The lowest BCUT2D eigenvalue weighted by atomic mass is 9.90. The maximum Gasteiger partial charge on any atom is 0.231 e. The Balaban J connectivity index is 1.65. The van der Waals surface area contributed by atoms with Crippen molar-refractivity contribution in [1.82, 2.24) is 5.32 Å². The first-order valence-electron chi connectivity index (χ1n) is 10.6. The summed E-state index contributed by atoms with van der Waals surface area (Å²) >= 11 is 0. The van der Waals surface area contributed by atoms with Gasteiger partial charge in [0.2, 0.25) is 6.79 Å². The van der Waals surface area contributed by atoms with Gasteiger partial charge in [-0.1, -0.05) is 44.4 Å². The minimum absolute atomic E-state index is 0.00491. The third-order valence-corrected chi connectivity index (χ3v) is 5.80. The number of benzene rings is 2. The lowest BCUT2D eigenvalue weighted by molar-refractivity contribution is 0.174. The summed E-state index contributed by atoms with van der Waals surface area (Å²) in [6.07, 6.45) is 6.48. The molecule has 0 saturated heterocycles. The van der Waals surface area contributed by atoms with Gasteiger partial charge in [0.25, 0.3) is 0 Å². The lowest BCUT2D eigenvalue weighted by Gasteiger charge is -2.38. The number of hydrogen-bond acceptors (Lipinski definition) is 5. The van der Waals surface area contributed by atoms with Gasteiger partial charge in [-0.05, 0) is 49.6 Å². The lowest BCUT2D eigenvalue weighted by Crippen LogP contribution is -2.47. The summed E-state index contributed by atoms with van der Waals surface area (Å²) in [5.41, 5.74) is 2.63. The fourth-order valence-corrected chi connectivity index (χ4v) is 4.25. The molecule has 29 heavy (non-hydrogen) atoms. The van der Waals surface area contributed by atoms with Crippen LogP contribution in [0, 0.1) is 0 Å². The number of phenolic OH excluding ortho intramolecular Hbond substituents is 1. The zero-order valence-corrected chi connectivity index (χ0v) is 17.3. The smallest absolute Gasteiger partial charge is 0.231 e. The number of ether oxygens (including phenoxy) is 2. The molecule has 0 saturated carbocycles. The number of nitrogens with zero attached hydrogens (tertiary/aromatic N) is 1. The quantitative estimate of drug-likeness (QED) is 0.623. The second-order valence-corrected chi connectivity index (χ2v) is 8.17. The number of hydrogen-bond donors (Lipinski definition) is 2. The van der Waals surface area contributed by atoms with E-state index in [-0.39, 0.29) is 18.5 Å². The van der Waals surface area contributed by atoms with E-state index >= 15 is 0 Å². The summed E-state index contributed by atoms with van der Waals surface area (Å²) in [6.45, 7) is 4.66. The van der Waals surface area contributed by atoms with Gasteiger partial charge in [-0.25, -0.2) is 0 Å². The van der Waals surface area contributed by atoms with Crippen molar-refractivity contribution in [2.24, 2.45) is 4.99 Å². The first-order valence-corrected chi connectivity index (χ1v) is 10.6. The molecule has 5 nitrogen and oxygen atoms in total. The predicted molar refractivity (Wildman–Crippen MR) is 115 cm³/mol. The van der Waals surface area contributed by atoms with Gasteiger partial charge >= 0.3 is 0 Å². The SMILES string of the molecule is CCCCCC[C@]1(C)N=C(c2ccc3c(c2)OCO3)C[C@H](c2ccccc2O)N1. The monoisotopic (exact) mass is 394 g/mol. The molecule has 5 heteroatoms. The van der Waals surface area contributed by atoms with Crippen molar-refractivity contribution in [3.8, 4) is 17.2 Å². The summed E-state index contributed by atoms with van der Waals surface area (Å²) in [4.78, 5) is 5.14. The molecule has 0 unspecified atom stereocenters. The van der Waals surface area contributed by atoms with Crippen LogP contribution in [-0.4, -0.2) is 23.3 Å². The highest BCUT2D eigenvalue weighted by Gasteiger charge is 2.34. The molecular weight excluding hydrogens is 364 g/mol. The van der Waals surface area contributed by atoms with Crippen molar-refractivity contribution in [3.63, 3.8) is 0 Å². The second kappa shape index (κ2) is 8.46. The average molecular weight is 395 g/mol. The summed E-state index contributed by atoms with van der Waals surface area (Å²) in [5, 5.41) is 14.2. The second-order valence-electron chi connectivity index (χ2n) is 8.17. The molecule has 2 N–H and O–H groups in total. The number of rotatable bonds is 7. The Morgan fingerprint density at radius 2 is 1.93 bits per heavy atom. The minimum Gasteiger partial charge on any atom is -0.508 e. The zero-order valence-electron chi connectivity index (χ0n) is 17.3. The molecule has 0 aromatic heterocycles. The highest BCUT2D eigenvalue weighted by molar-refractivity contribution is 6.02. The van der Waals surface area contributed by atoms with E-state index in [0.29, 0.717) is 12.2 Å². The largest absolute Gasteiger partial charge is 0.508 e. The van der Waals surface area contributed by atoms with Gasteiger partial charge in [0, 0.05) is 23.7 Å². The zero-order chi connectivity index (χ0) is 20.3. The Labute approximate surface area is 172 Å². The molecule has 0 aliphatic carbocycles. The standard InChI is InChI=1S/C24H30N2O3/c1-3-4-5-8-13-24(2)25-19(17-11-12-22-23(14-17)29-16-28-22)15-20(26-24)18-9-6-7-10-21(18)27/h6-7,9-12,14,20,26-27H,3-5,8,13,15-16H2,1-2H3/t20-,24-/m1/s1. The molecule has 0 bridgehead atoms. The summed E-state index contributed by atoms with van der Waals surface area (Å²) in [7, 11) is 0. The molecule has 154 valence electrons. The normalized spacial score (nSPS) is 23.1. The van der Waals surface area contributed by atoms with Crippen molar-refractivity contribution < 1.29 is 14.6 Å². The molecule has 2 heterocycles. The van der Waals surface area contributed by atoms with Crippen molar-refractivity contribution in [3.05, 3.63) is 53.6 Å². The van der Waals surface area contributed by atoms with E-state index in [1.54, 1.807) is 6.07 Å². The molecule has 0 fully saturated rings. The highest BCUT2D eigenvalue weighted by atomic mass is 16.7. The van der Waals surface area contributed by atoms with Gasteiger partial charge in [0.15, 0.2) is 11.5 Å². The first-order chi connectivity index (χ1) is 14.1. The molecule has 2 atom stereocenters. The van der Waals surface area contributed by atoms with Crippen LogP contribution in [0.25, 0.3) is 0 Å². The van der Waals surface area contributed by atoms with Gasteiger partial charge in [0.1, 0.15) is 11.4 Å². The molecule has 2 aromatic carbocycles. The third-order valence-electron chi connectivity index (χ3n) is 5.80. The van der Waals surface area contributed by atoms with E-state index in [1.807, 2.05) is 30.3 Å². The molecule has 4 rings (SSSR count). The van der Waals surface area contributed by atoms with Crippen LogP contribution in [0.2, 0.25) is 0 Å². The number of phenols is 1. The van der Waals surface area contributed by atoms with E-state index in [4.69, 9.17) is 14.5 Å². The number of fused-ring (bicyclic) bond motifs is 1. The van der Waals surface area contributed by atoms with Crippen LogP contribution in [0.5, 0.6) is 17.2 Å². The molecule has 0 amide bonds. The van der Waals surface area contributed by atoms with Gasteiger partial charge in [-0.3, -0.25) is 10.3 Å². The van der Waals surface area contributed by atoms with E-state index < -0.39 is 0 Å². The van der Waals surface area contributed by atoms with Crippen LogP contribution in [0.1, 0.15) is 69.5 Å². The maximum absolute atomic E-state index is 10.4. The Morgan fingerprint density at radius 3 is 2.76 bits per heavy atom. The summed E-state index contributed by atoms with van der Waals surface area (Å²) < 4.78 is 11.0. The first kappa shape index (κ1) is 19.8. The van der Waals surface area contributed by atoms with Crippen molar-refractivity contribution in [1.29, 1.82) is 0 Å². The Hall–Kier alpha value is -2.53. The Kier molecular flexibility index (Phi) is 5.76. The van der Waals surface area contributed by atoms with Crippen LogP contribution < -0.4 is 14.8 Å². The van der Waals surface area contributed by atoms with Crippen LogP contribution in [0.3, 0.4) is 0 Å². The average Bonchev–Trinajstić information content (AvgIpc) is 3.19. The predicted octanol–water partition coefficient (Wildman–Crippen LogP) is 5.33. The van der Waals surface area contributed by atoms with Gasteiger partial charge < -0.3 is 14.6 Å². The Morgan fingerprint density at radius 1 is 1.10 bits per heavy atom. The van der Waals surface area contributed by atoms with Gasteiger partial charge in [-0.15, -0.1) is 0 Å². The van der Waals surface area contributed by atoms with Crippen molar-refractivity contribution >= 4 is 5.71 Å². The molecule has 0 spiro atoms. The molecule has 0 radical (unpaired) electrons. The van der Waals surface area contributed by atoms with Crippen molar-refractivity contribution in [2.75, 3.05) is 6.79 Å². The van der Waals surface area contributed by atoms with Gasteiger partial charge in [0.05, 0.1) is 0 Å². The van der Waals surface area contributed by atoms with Crippen LogP contribution in [0.15, 0.2) is 47.5 Å². The van der Waals surface area contributed by atoms with Gasteiger partial charge in [-0.2, -0.15) is 0 Å². The molecule has 2 aliphatic rings. The van der Waals surface area contributed by atoms with E-state index in [1.165, 1.54) is 19.3 Å². The summed E-state index contributed by atoms with van der Waals surface area (Å²) in [5.74, 6) is 1.88. The van der Waals surface area contributed by atoms with Crippen LogP contribution >= 0.6 is 0 Å². The van der Waals surface area contributed by atoms with Crippen molar-refractivity contribution in [2.45, 2.75) is 64.1 Å². The fourth-order valence-electron chi connectivity index (χ4n) is 4.25. The van der Waals surface area contributed by atoms with E-state index in [0.717, 1.165) is 41.2 Å². The van der Waals surface area contributed by atoms with E-state index in [2.05, 4.69) is 25.2 Å².